The molecule has 0 radical (unpaired) electrons. The highest BCUT2D eigenvalue weighted by Crippen LogP contribution is 2.28. The number of nitrogens with one attached hydrogen (secondary N) is 1. The summed E-state index contributed by atoms with van der Waals surface area (Å²) in [6.07, 6.45) is 31.8. The summed E-state index contributed by atoms with van der Waals surface area (Å²) in [5, 5.41) is 3.44. The van der Waals surface area contributed by atoms with Crippen LogP contribution in [0.1, 0.15) is 101 Å². The van der Waals surface area contributed by atoms with Gasteiger partial charge in [-0.15, -0.1) is 0 Å². The fraction of sp³-hybridized carbons (Fsp3) is 0.357. The molecule has 0 bridgehead atoms. The summed E-state index contributed by atoms with van der Waals surface area (Å²) in [4.78, 5) is 40.5. The molecule has 0 saturated carbocycles. The highest BCUT2D eigenvalue weighted by Gasteiger charge is 2.37. The lowest BCUT2D eigenvalue weighted by Crippen LogP contribution is -2.47. The van der Waals surface area contributed by atoms with Crippen molar-refractivity contribution in [3.05, 3.63) is 137 Å². The number of ether oxygens (including phenoxy) is 1. The Hall–Kier alpha value is -4.42. The Labute approximate surface area is 298 Å². The smallest absolute Gasteiger partial charge is 0.270 e. The first kappa shape index (κ1) is 39.0. The topological polar surface area (TPSA) is 75.7 Å². The molecule has 260 valence electrons. The van der Waals surface area contributed by atoms with E-state index in [0.717, 1.165) is 57.1 Å². The van der Waals surface area contributed by atoms with Crippen LogP contribution in [0.5, 0.6) is 5.75 Å². The maximum absolute atomic E-state index is 13.5. The maximum Gasteiger partial charge on any atom is 0.270 e. The minimum absolute atomic E-state index is 0.0668. The van der Waals surface area contributed by atoms with Gasteiger partial charge in [0.25, 0.3) is 5.91 Å². The van der Waals surface area contributed by atoms with Gasteiger partial charge in [0.05, 0.1) is 0 Å². The zero-order chi connectivity index (χ0) is 35.3. The van der Waals surface area contributed by atoms with E-state index in [4.69, 9.17) is 16.3 Å². The molecule has 0 aliphatic carbocycles. The predicted molar refractivity (Wildman–Crippen MR) is 202 cm³/mol. The van der Waals surface area contributed by atoms with Crippen LogP contribution in [0.25, 0.3) is 0 Å². The lowest BCUT2D eigenvalue weighted by Gasteiger charge is -2.30. The molecule has 3 rings (SSSR count). The summed E-state index contributed by atoms with van der Waals surface area (Å²) in [6, 6.07) is 13.5. The molecule has 1 saturated heterocycles. The van der Waals surface area contributed by atoms with Crippen molar-refractivity contribution in [2.24, 2.45) is 0 Å². The van der Waals surface area contributed by atoms with Crippen molar-refractivity contribution in [1.82, 2.24) is 10.2 Å². The van der Waals surface area contributed by atoms with Gasteiger partial charge in [0.15, 0.2) is 11.4 Å². The van der Waals surface area contributed by atoms with E-state index in [0.29, 0.717) is 41.3 Å². The third-order valence-electron chi connectivity index (χ3n) is 7.85. The highest BCUT2D eigenvalue weighted by molar-refractivity contribution is 6.30. The Morgan fingerprint density at radius 3 is 1.90 bits per heavy atom. The highest BCUT2D eigenvalue weighted by atomic mass is 35.5. The average Bonchev–Trinajstić information content (AvgIpc) is 3.57. The van der Waals surface area contributed by atoms with Crippen LogP contribution in [0.15, 0.2) is 121 Å². The zero-order valence-corrected chi connectivity index (χ0v) is 30.0. The molecular weight excluding hydrogens is 632 g/mol. The largest absolute Gasteiger partial charge is 0.478 e. The molecular formula is C42H51ClN2O4. The predicted octanol–water partition coefficient (Wildman–Crippen LogP) is 10.2. The van der Waals surface area contributed by atoms with Crippen molar-refractivity contribution in [3.8, 4) is 5.75 Å². The Morgan fingerprint density at radius 1 is 0.796 bits per heavy atom. The van der Waals surface area contributed by atoms with E-state index >= 15 is 0 Å². The summed E-state index contributed by atoms with van der Waals surface area (Å²) in [6.45, 7) is 6.16. The van der Waals surface area contributed by atoms with Crippen LogP contribution in [0.3, 0.4) is 0 Å². The molecule has 49 heavy (non-hydrogen) atoms. The number of nitrogens with zero attached hydrogens (tertiary/aromatic N) is 1. The number of rotatable bonds is 19. The second-order valence-electron chi connectivity index (χ2n) is 12.3. The second-order valence-corrected chi connectivity index (χ2v) is 12.8. The molecule has 2 aromatic rings. The molecule has 2 amide bonds. The summed E-state index contributed by atoms with van der Waals surface area (Å²) in [7, 11) is 0. The van der Waals surface area contributed by atoms with Crippen LogP contribution in [0.2, 0.25) is 5.02 Å². The number of allylic oxidation sites excluding steroid dienone is 11. The van der Waals surface area contributed by atoms with Gasteiger partial charge in [0, 0.05) is 41.0 Å². The van der Waals surface area contributed by atoms with Gasteiger partial charge < -0.3 is 15.0 Å². The molecule has 0 unspecified atom stereocenters. The quantitative estimate of drug-likeness (QED) is 0.0909. The Kier molecular flexibility index (Phi) is 17.1. The van der Waals surface area contributed by atoms with Gasteiger partial charge in [-0.1, -0.05) is 79.3 Å². The molecule has 0 spiro atoms. The molecule has 1 fully saturated rings. The SMILES string of the molecule is CC/C=C\C/C=C\C/C=C\C/C=C\C/C=C\CCCC(=O)N/C=C1\CCCN1C(=O)C(C)(C)Oc1ccc(C(=O)c2ccc(Cl)cc2)cc1. The van der Waals surface area contributed by atoms with Gasteiger partial charge in [-0.25, -0.2) is 0 Å². The Bertz CT molecular complexity index is 1530. The molecule has 6 nitrogen and oxygen atoms in total. The van der Waals surface area contributed by atoms with Gasteiger partial charge in [-0.2, -0.15) is 0 Å². The van der Waals surface area contributed by atoms with Crippen molar-refractivity contribution in [2.45, 2.75) is 90.6 Å². The van der Waals surface area contributed by atoms with Crippen molar-refractivity contribution < 1.29 is 19.1 Å². The van der Waals surface area contributed by atoms with Crippen molar-refractivity contribution in [3.63, 3.8) is 0 Å². The fourth-order valence-electron chi connectivity index (χ4n) is 5.17. The van der Waals surface area contributed by atoms with Crippen LogP contribution in [0.4, 0.5) is 0 Å². The fourth-order valence-corrected chi connectivity index (χ4v) is 5.30. The van der Waals surface area contributed by atoms with E-state index in [1.54, 1.807) is 73.5 Å². The van der Waals surface area contributed by atoms with Gasteiger partial charge >= 0.3 is 0 Å². The molecule has 1 aliphatic heterocycles. The first-order valence-electron chi connectivity index (χ1n) is 17.4. The second kappa shape index (κ2) is 21.5. The van der Waals surface area contributed by atoms with Crippen LogP contribution < -0.4 is 10.1 Å². The molecule has 1 heterocycles. The lowest BCUT2D eigenvalue weighted by atomic mass is 10.0. The number of hydrogen-bond acceptors (Lipinski definition) is 4. The van der Waals surface area contributed by atoms with Crippen LogP contribution in [-0.4, -0.2) is 34.6 Å². The number of amides is 2. The van der Waals surface area contributed by atoms with Crippen molar-refractivity contribution in [2.75, 3.05) is 6.54 Å². The van der Waals surface area contributed by atoms with Crippen LogP contribution >= 0.6 is 11.6 Å². The maximum atomic E-state index is 13.5. The van der Waals surface area contributed by atoms with E-state index < -0.39 is 5.60 Å². The van der Waals surface area contributed by atoms with Gasteiger partial charge in [0.2, 0.25) is 5.91 Å². The number of likely N-dealkylation sites (tertiary alicyclic amines) is 1. The average molecular weight is 683 g/mol. The molecule has 0 atom stereocenters. The minimum atomic E-state index is -1.16. The third-order valence-corrected chi connectivity index (χ3v) is 8.10. The van der Waals surface area contributed by atoms with Crippen molar-refractivity contribution in [1.29, 1.82) is 0 Å². The van der Waals surface area contributed by atoms with Crippen molar-refractivity contribution >= 4 is 29.2 Å². The molecule has 7 heteroatoms. The lowest BCUT2D eigenvalue weighted by molar-refractivity contribution is -0.142. The number of carbonyl (C=O) groups excluding carboxylic acids is 3. The summed E-state index contributed by atoms with van der Waals surface area (Å²) in [5.74, 6) is 0.103. The number of hydrogen-bond donors (Lipinski definition) is 1. The molecule has 2 aromatic carbocycles. The Balaban J connectivity index is 1.36. The van der Waals surface area contributed by atoms with E-state index in [9.17, 15) is 14.4 Å². The minimum Gasteiger partial charge on any atom is -0.478 e. The molecule has 1 N–H and O–H groups in total. The van der Waals surface area contributed by atoms with E-state index in [1.807, 2.05) is 0 Å². The van der Waals surface area contributed by atoms with E-state index in [1.165, 1.54) is 0 Å². The normalized spacial score (nSPS) is 14.8. The standard InChI is InChI=1S/C42H51ClN2O4/c1-4-5-6-7-8-9-10-11-12-13-14-15-16-17-18-19-20-23-39(46)44-33-37-22-21-32-45(37)41(48)42(2,3)49-38-30-26-35(27-31-38)40(47)34-24-28-36(43)29-25-34/h5-6,8-9,11-12,14-15,17-18,24-31,33H,4,7,10,13,16,19-23,32H2,1-3H3,(H,44,46)/b6-5-,9-8-,12-11-,15-14-,18-17-,37-33+. The monoisotopic (exact) mass is 682 g/mol. The van der Waals surface area contributed by atoms with Gasteiger partial charge in [-0.3, -0.25) is 14.4 Å². The first-order chi connectivity index (χ1) is 23.7. The number of carbonyl (C=O) groups is 3. The molecule has 0 aromatic heterocycles. The van der Waals surface area contributed by atoms with Crippen LogP contribution in [-0.2, 0) is 9.59 Å². The van der Waals surface area contributed by atoms with E-state index in [2.05, 4.69) is 73.0 Å². The van der Waals surface area contributed by atoms with Crippen LogP contribution in [0, 0.1) is 0 Å². The Morgan fingerprint density at radius 2 is 1.33 bits per heavy atom. The van der Waals surface area contributed by atoms with Gasteiger partial charge in [0.1, 0.15) is 5.75 Å². The zero-order valence-electron chi connectivity index (χ0n) is 29.2. The molecule has 1 aliphatic rings. The number of unbranched alkanes of at least 4 members (excludes halogenated alkanes) is 1. The van der Waals surface area contributed by atoms with Gasteiger partial charge in [-0.05, 0) is 120 Å². The first-order valence-corrected chi connectivity index (χ1v) is 17.7. The number of benzene rings is 2. The summed E-state index contributed by atoms with van der Waals surface area (Å²) in [5.41, 5.74) is 0.671. The van der Waals surface area contributed by atoms with E-state index in [-0.39, 0.29) is 17.6 Å². The summed E-state index contributed by atoms with van der Waals surface area (Å²) >= 11 is 5.94. The third kappa shape index (κ3) is 14.3. The number of ketones is 1. The summed E-state index contributed by atoms with van der Waals surface area (Å²) < 4.78 is 6.10. The number of halogens is 1.